The number of hydrogen-bond donors (Lipinski definition) is 1. The van der Waals surface area contributed by atoms with Crippen LogP contribution in [0.25, 0.3) is 28.2 Å². The summed E-state index contributed by atoms with van der Waals surface area (Å²) in [5.74, 6) is -0.682. The molecule has 1 aromatic carbocycles. The number of nitrogens with zero attached hydrogens (tertiary/aromatic N) is 5. The molecule has 1 unspecified atom stereocenters. The third-order valence-corrected chi connectivity index (χ3v) is 7.21. The van der Waals surface area contributed by atoms with Gasteiger partial charge in [0.15, 0.2) is 10.9 Å². The largest absolute Gasteiger partial charge is 0.481 e. The first-order valence-corrected chi connectivity index (χ1v) is 13.3. The van der Waals surface area contributed by atoms with Crippen LogP contribution in [0.4, 0.5) is 5.13 Å². The highest BCUT2D eigenvalue weighted by atomic mass is 32.1. The molecule has 1 fully saturated rings. The van der Waals surface area contributed by atoms with Crippen LogP contribution in [0, 0.1) is 11.8 Å². The first kappa shape index (κ1) is 24.8. The second kappa shape index (κ2) is 10.6. The third kappa shape index (κ3) is 5.61. The van der Waals surface area contributed by atoms with Crippen molar-refractivity contribution in [2.24, 2.45) is 11.8 Å². The molecule has 190 valence electrons. The smallest absolute Gasteiger partial charge is 0.304 e. The fourth-order valence-electron chi connectivity index (χ4n) is 4.55. The van der Waals surface area contributed by atoms with E-state index in [1.165, 1.54) is 11.3 Å². The van der Waals surface area contributed by atoms with Crippen LogP contribution in [0.1, 0.15) is 39.5 Å². The maximum Gasteiger partial charge on any atom is 0.304 e. The summed E-state index contributed by atoms with van der Waals surface area (Å²) in [6.07, 6.45) is 7.58. The van der Waals surface area contributed by atoms with E-state index in [0.717, 1.165) is 41.0 Å². The first-order valence-electron chi connectivity index (χ1n) is 12.5. The Kier molecular flexibility index (Phi) is 7.14. The van der Waals surface area contributed by atoms with Crippen molar-refractivity contribution >= 4 is 28.3 Å². The van der Waals surface area contributed by atoms with Gasteiger partial charge in [0.25, 0.3) is 0 Å². The molecule has 0 saturated heterocycles. The lowest BCUT2D eigenvalue weighted by atomic mass is 9.93. The van der Waals surface area contributed by atoms with Crippen LogP contribution in [-0.2, 0) is 9.59 Å². The van der Waals surface area contributed by atoms with Gasteiger partial charge in [-0.2, -0.15) is 5.10 Å². The number of thiazole rings is 1. The van der Waals surface area contributed by atoms with Crippen molar-refractivity contribution in [2.75, 3.05) is 4.90 Å². The van der Waals surface area contributed by atoms with Gasteiger partial charge in [-0.1, -0.05) is 38.1 Å². The molecule has 4 aromatic rings. The highest BCUT2D eigenvalue weighted by molar-refractivity contribution is 7.14. The fraction of sp³-hybridized carbons (Fsp3) is 0.321. The summed E-state index contributed by atoms with van der Waals surface area (Å²) < 4.78 is 1.71. The Morgan fingerprint density at radius 3 is 2.54 bits per heavy atom. The van der Waals surface area contributed by atoms with Gasteiger partial charge in [-0.25, -0.2) is 14.6 Å². The SMILES string of the molecule is CC(C)CC(CC(=O)O)C(=O)N(c1nc(-c2ccccc2-c2ccc(-n3cccn3)nc2)cs1)C1CC1. The number of hydrogen-bond acceptors (Lipinski definition) is 6. The van der Waals surface area contributed by atoms with E-state index in [1.54, 1.807) is 15.8 Å². The highest BCUT2D eigenvalue weighted by Crippen LogP contribution is 2.39. The molecule has 1 N–H and O–H groups in total. The van der Waals surface area contributed by atoms with E-state index in [-0.39, 0.29) is 24.3 Å². The van der Waals surface area contributed by atoms with Gasteiger partial charge in [-0.3, -0.25) is 14.5 Å². The number of carbonyl (C=O) groups is 2. The Morgan fingerprint density at radius 2 is 1.92 bits per heavy atom. The maximum absolute atomic E-state index is 13.6. The van der Waals surface area contributed by atoms with Gasteiger partial charge in [0, 0.05) is 47.1 Å². The normalized spacial score (nSPS) is 14.0. The van der Waals surface area contributed by atoms with E-state index in [0.29, 0.717) is 11.6 Å². The molecule has 1 atom stereocenters. The minimum atomic E-state index is -0.948. The predicted octanol–water partition coefficient (Wildman–Crippen LogP) is 5.69. The Labute approximate surface area is 219 Å². The average molecular weight is 516 g/mol. The Balaban J connectivity index is 1.44. The van der Waals surface area contributed by atoms with Crippen molar-refractivity contribution in [1.82, 2.24) is 19.7 Å². The van der Waals surface area contributed by atoms with Crippen LogP contribution >= 0.6 is 11.3 Å². The summed E-state index contributed by atoms with van der Waals surface area (Å²) in [7, 11) is 0. The lowest BCUT2D eigenvalue weighted by Crippen LogP contribution is -2.39. The fourth-order valence-corrected chi connectivity index (χ4v) is 5.45. The number of aromatic nitrogens is 4. The molecule has 0 aliphatic heterocycles. The van der Waals surface area contributed by atoms with E-state index in [2.05, 4.69) is 10.1 Å². The second-order valence-electron chi connectivity index (χ2n) is 9.78. The van der Waals surface area contributed by atoms with Crippen molar-refractivity contribution in [2.45, 2.75) is 45.6 Å². The molecule has 1 aliphatic rings. The molecule has 9 heteroatoms. The Morgan fingerprint density at radius 1 is 1.14 bits per heavy atom. The predicted molar refractivity (Wildman–Crippen MR) is 144 cm³/mol. The van der Waals surface area contributed by atoms with Gasteiger partial charge >= 0.3 is 5.97 Å². The number of carboxylic acid groups (broad SMARTS) is 1. The standard InChI is InChI=1S/C28H29N5O3S/c1-18(2)14-20(15-26(34)35)27(36)33(21-9-10-21)28-31-24(17-37-28)23-7-4-3-6-22(23)19-8-11-25(29-16-19)32-13-5-12-30-32/h3-8,11-13,16-18,20-21H,9-10,14-15H2,1-2H3,(H,34,35). The number of amides is 1. The molecule has 3 heterocycles. The van der Waals surface area contributed by atoms with Crippen LogP contribution in [0.5, 0.6) is 0 Å². The van der Waals surface area contributed by atoms with Gasteiger partial charge in [-0.05, 0) is 48.9 Å². The number of anilines is 1. The summed E-state index contributed by atoms with van der Waals surface area (Å²) >= 11 is 1.43. The van der Waals surface area contributed by atoms with Gasteiger partial charge < -0.3 is 5.11 Å². The number of rotatable bonds is 10. The van der Waals surface area contributed by atoms with Crippen molar-refractivity contribution in [3.8, 4) is 28.2 Å². The molecule has 1 amide bonds. The molecule has 0 spiro atoms. The van der Waals surface area contributed by atoms with E-state index >= 15 is 0 Å². The Hall–Kier alpha value is -3.85. The quantitative estimate of drug-likeness (QED) is 0.291. The number of carboxylic acids is 1. The molecular weight excluding hydrogens is 486 g/mol. The molecule has 1 aliphatic carbocycles. The van der Waals surface area contributed by atoms with E-state index in [4.69, 9.17) is 4.98 Å². The van der Waals surface area contributed by atoms with Crippen LogP contribution < -0.4 is 4.90 Å². The summed E-state index contributed by atoms with van der Waals surface area (Å²) in [6, 6.07) is 13.9. The number of aliphatic carboxylic acids is 1. The summed E-state index contributed by atoms with van der Waals surface area (Å²) in [5, 5.41) is 16.2. The molecule has 5 rings (SSSR count). The zero-order valence-corrected chi connectivity index (χ0v) is 21.6. The molecule has 3 aromatic heterocycles. The third-order valence-electron chi connectivity index (χ3n) is 6.37. The van der Waals surface area contributed by atoms with Gasteiger partial charge in [0.1, 0.15) is 0 Å². The number of pyridine rings is 1. The number of benzene rings is 1. The monoisotopic (exact) mass is 515 g/mol. The van der Waals surface area contributed by atoms with Crippen LogP contribution in [0.2, 0.25) is 0 Å². The maximum atomic E-state index is 13.6. The summed E-state index contributed by atoms with van der Waals surface area (Å²) in [5.41, 5.74) is 3.68. The minimum Gasteiger partial charge on any atom is -0.481 e. The highest BCUT2D eigenvalue weighted by Gasteiger charge is 2.39. The van der Waals surface area contributed by atoms with Crippen LogP contribution in [-0.4, -0.2) is 42.8 Å². The van der Waals surface area contributed by atoms with Crippen LogP contribution in [0.15, 0.2) is 66.4 Å². The molecule has 0 bridgehead atoms. The van der Waals surface area contributed by atoms with Gasteiger partial charge in [-0.15, -0.1) is 11.3 Å². The topological polar surface area (TPSA) is 101 Å². The van der Waals surface area contributed by atoms with E-state index in [1.807, 2.05) is 74.1 Å². The molecule has 37 heavy (non-hydrogen) atoms. The molecule has 0 radical (unpaired) electrons. The second-order valence-corrected chi connectivity index (χ2v) is 10.6. The van der Waals surface area contributed by atoms with Crippen molar-refractivity contribution in [3.05, 3.63) is 66.4 Å². The van der Waals surface area contributed by atoms with Gasteiger partial charge in [0.05, 0.1) is 12.1 Å². The van der Waals surface area contributed by atoms with Crippen molar-refractivity contribution in [3.63, 3.8) is 0 Å². The number of carbonyl (C=O) groups excluding carboxylic acids is 1. The first-order chi connectivity index (χ1) is 17.9. The Bertz CT molecular complexity index is 1380. The van der Waals surface area contributed by atoms with E-state index < -0.39 is 11.9 Å². The van der Waals surface area contributed by atoms with E-state index in [9.17, 15) is 14.7 Å². The lowest BCUT2D eigenvalue weighted by Gasteiger charge is -2.25. The minimum absolute atomic E-state index is 0.0873. The van der Waals surface area contributed by atoms with Crippen molar-refractivity contribution in [1.29, 1.82) is 0 Å². The lowest BCUT2D eigenvalue weighted by molar-refractivity contribution is -0.140. The average Bonchev–Trinajstić information content (AvgIpc) is 3.35. The van der Waals surface area contributed by atoms with Crippen molar-refractivity contribution < 1.29 is 14.7 Å². The molecule has 1 saturated carbocycles. The zero-order valence-electron chi connectivity index (χ0n) is 20.8. The molecular formula is C28H29N5O3S. The summed E-state index contributed by atoms with van der Waals surface area (Å²) in [4.78, 5) is 36.3. The van der Waals surface area contributed by atoms with Crippen LogP contribution in [0.3, 0.4) is 0 Å². The van der Waals surface area contributed by atoms with Gasteiger partial charge in [0.2, 0.25) is 5.91 Å². The molecule has 8 nitrogen and oxygen atoms in total. The summed E-state index contributed by atoms with van der Waals surface area (Å²) in [6.45, 7) is 4.02. The zero-order chi connectivity index (χ0) is 25.9.